The van der Waals surface area contributed by atoms with Crippen LogP contribution in [-0.4, -0.2) is 17.1 Å². The third-order valence-electron chi connectivity index (χ3n) is 1.98. The Bertz CT molecular complexity index is 333. The summed E-state index contributed by atoms with van der Waals surface area (Å²) >= 11 is 1.61. The van der Waals surface area contributed by atoms with Gasteiger partial charge in [0.05, 0.1) is 6.54 Å². The molecule has 2 amide bonds. The van der Waals surface area contributed by atoms with Gasteiger partial charge in [-0.25, -0.2) is 9.78 Å². The predicted octanol–water partition coefficient (Wildman–Crippen LogP) is 1.41. The smallest absolute Gasteiger partial charge is 0.315 e. The van der Waals surface area contributed by atoms with Crippen LogP contribution in [0.4, 0.5) is 4.79 Å². The standard InChI is InChI=1S/C9H13N3OS/c1-6-4-10-8(14-6)5-11-9(13)12-7-2-3-7/h4,7H,2-3,5H2,1H3,(H2,11,12,13). The molecule has 2 N–H and O–H groups in total. The van der Waals surface area contributed by atoms with Gasteiger partial charge < -0.3 is 10.6 Å². The van der Waals surface area contributed by atoms with Crippen LogP contribution in [0.15, 0.2) is 6.20 Å². The highest BCUT2D eigenvalue weighted by Crippen LogP contribution is 2.18. The van der Waals surface area contributed by atoms with Crippen molar-refractivity contribution in [3.05, 3.63) is 16.1 Å². The number of urea groups is 1. The van der Waals surface area contributed by atoms with Crippen LogP contribution in [0.3, 0.4) is 0 Å². The molecule has 2 rings (SSSR count). The molecule has 0 aromatic carbocycles. The summed E-state index contributed by atoms with van der Waals surface area (Å²) in [5, 5.41) is 6.59. The summed E-state index contributed by atoms with van der Waals surface area (Å²) in [7, 11) is 0. The number of nitrogens with one attached hydrogen (secondary N) is 2. The van der Waals surface area contributed by atoms with E-state index in [1.54, 1.807) is 11.3 Å². The van der Waals surface area contributed by atoms with Gasteiger partial charge in [0.15, 0.2) is 0 Å². The van der Waals surface area contributed by atoms with Gasteiger partial charge in [0, 0.05) is 17.1 Å². The van der Waals surface area contributed by atoms with Crippen LogP contribution in [0, 0.1) is 6.92 Å². The van der Waals surface area contributed by atoms with E-state index in [4.69, 9.17) is 0 Å². The summed E-state index contributed by atoms with van der Waals surface area (Å²) in [4.78, 5) is 16.6. The van der Waals surface area contributed by atoms with Gasteiger partial charge in [0.1, 0.15) is 5.01 Å². The number of carbonyl (C=O) groups is 1. The monoisotopic (exact) mass is 211 g/mol. The minimum absolute atomic E-state index is 0.0830. The van der Waals surface area contributed by atoms with E-state index in [9.17, 15) is 4.79 Å². The first-order valence-electron chi connectivity index (χ1n) is 4.70. The zero-order valence-electron chi connectivity index (χ0n) is 8.04. The molecule has 1 fully saturated rings. The Hall–Kier alpha value is -1.10. The Morgan fingerprint density at radius 3 is 3.07 bits per heavy atom. The first-order chi connectivity index (χ1) is 6.74. The summed E-state index contributed by atoms with van der Waals surface area (Å²) in [6.45, 7) is 2.53. The topological polar surface area (TPSA) is 54.0 Å². The first-order valence-corrected chi connectivity index (χ1v) is 5.51. The number of hydrogen-bond acceptors (Lipinski definition) is 3. The fraction of sp³-hybridized carbons (Fsp3) is 0.556. The largest absolute Gasteiger partial charge is 0.335 e. The number of hydrogen-bond donors (Lipinski definition) is 2. The van der Waals surface area contributed by atoms with E-state index >= 15 is 0 Å². The second-order valence-electron chi connectivity index (χ2n) is 3.47. The summed E-state index contributed by atoms with van der Waals surface area (Å²) in [6, 6.07) is 0.327. The summed E-state index contributed by atoms with van der Waals surface area (Å²) < 4.78 is 0. The SMILES string of the molecule is Cc1cnc(CNC(=O)NC2CC2)s1. The molecule has 1 aliphatic carbocycles. The van der Waals surface area contributed by atoms with Crippen LogP contribution in [-0.2, 0) is 6.54 Å². The molecule has 0 atom stereocenters. The number of aryl methyl sites for hydroxylation is 1. The molecule has 1 aliphatic rings. The molecule has 1 aromatic heterocycles. The summed E-state index contributed by atoms with van der Waals surface area (Å²) in [6.07, 6.45) is 4.05. The van der Waals surface area contributed by atoms with Gasteiger partial charge in [-0.2, -0.15) is 0 Å². The Morgan fingerprint density at radius 2 is 2.50 bits per heavy atom. The molecular weight excluding hydrogens is 198 g/mol. The van der Waals surface area contributed by atoms with E-state index in [1.807, 2.05) is 13.1 Å². The molecule has 4 nitrogen and oxygen atoms in total. The van der Waals surface area contributed by atoms with Crippen molar-refractivity contribution in [2.24, 2.45) is 0 Å². The van der Waals surface area contributed by atoms with Gasteiger partial charge in [0.25, 0.3) is 0 Å². The van der Waals surface area contributed by atoms with E-state index in [0.717, 1.165) is 17.8 Å². The van der Waals surface area contributed by atoms with E-state index in [0.29, 0.717) is 12.6 Å². The molecule has 0 saturated heterocycles. The Morgan fingerprint density at radius 1 is 1.71 bits per heavy atom. The fourth-order valence-corrected chi connectivity index (χ4v) is 1.83. The van der Waals surface area contributed by atoms with Crippen LogP contribution in [0.25, 0.3) is 0 Å². The molecule has 14 heavy (non-hydrogen) atoms. The number of amides is 2. The minimum Gasteiger partial charge on any atom is -0.335 e. The van der Waals surface area contributed by atoms with Gasteiger partial charge in [-0.1, -0.05) is 0 Å². The van der Waals surface area contributed by atoms with Crippen LogP contribution in [0.1, 0.15) is 22.7 Å². The lowest BCUT2D eigenvalue weighted by Crippen LogP contribution is -2.36. The average Bonchev–Trinajstić information content (AvgIpc) is 2.85. The molecule has 0 radical (unpaired) electrons. The normalized spacial score (nSPS) is 15.2. The van der Waals surface area contributed by atoms with Crippen molar-refractivity contribution in [2.45, 2.75) is 32.4 Å². The third kappa shape index (κ3) is 2.70. The highest BCUT2D eigenvalue weighted by atomic mass is 32.1. The second-order valence-corrected chi connectivity index (χ2v) is 4.79. The number of thiazole rings is 1. The quantitative estimate of drug-likeness (QED) is 0.794. The van der Waals surface area contributed by atoms with Crippen molar-refractivity contribution in [1.29, 1.82) is 0 Å². The van der Waals surface area contributed by atoms with E-state index < -0.39 is 0 Å². The van der Waals surface area contributed by atoms with Crippen LogP contribution < -0.4 is 10.6 Å². The lowest BCUT2D eigenvalue weighted by molar-refractivity contribution is 0.240. The molecule has 1 saturated carbocycles. The molecule has 0 unspecified atom stereocenters. The zero-order valence-corrected chi connectivity index (χ0v) is 8.86. The molecule has 1 aromatic rings. The number of carbonyl (C=O) groups excluding carboxylic acids is 1. The fourth-order valence-electron chi connectivity index (χ4n) is 1.10. The van der Waals surface area contributed by atoms with Gasteiger partial charge in [-0.3, -0.25) is 0 Å². The lowest BCUT2D eigenvalue weighted by Gasteiger charge is -2.03. The maximum absolute atomic E-state index is 11.2. The van der Waals surface area contributed by atoms with Crippen molar-refractivity contribution in [2.75, 3.05) is 0 Å². The number of nitrogens with zero attached hydrogens (tertiary/aromatic N) is 1. The van der Waals surface area contributed by atoms with Gasteiger partial charge >= 0.3 is 6.03 Å². The molecular formula is C9H13N3OS. The van der Waals surface area contributed by atoms with Gasteiger partial charge in [-0.15, -0.1) is 11.3 Å². The van der Waals surface area contributed by atoms with Crippen LogP contribution >= 0.6 is 11.3 Å². The molecule has 5 heteroatoms. The Balaban J connectivity index is 1.73. The second kappa shape index (κ2) is 3.96. The molecule has 0 aliphatic heterocycles. The average molecular weight is 211 g/mol. The number of aromatic nitrogens is 1. The summed E-state index contributed by atoms with van der Waals surface area (Å²) in [5.74, 6) is 0. The van der Waals surface area contributed by atoms with Gasteiger partial charge in [0.2, 0.25) is 0 Å². The van der Waals surface area contributed by atoms with Crippen LogP contribution in [0.2, 0.25) is 0 Å². The molecule has 0 bridgehead atoms. The van der Waals surface area contributed by atoms with Crippen molar-refractivity contribution in [3.63, 3.8) is 0 Å². The molecule has 76 valence electrons. The third-order valence-corrected chi connectivity index (χ3v) is 2.89. The first kappa shape index (κ1) is 9.45. The Kier molecular flexibility index (Phi) is 2.67. The van der Waals surface area contributed by atoms with Crippen molar-refractivity contribution < 1.29 is 4.79 Å². The van der Waals surface area contributed by atoms with E-state index in [1.165, 1.54) is 4.88 Å². The van der Waals surface area contributed by atoms with Crippen LogP contribution in [0.5, 0.6) is 0 Å². The zero-order chi connectivity index (χ0) is 9.97. The van der Waals surface area contributed by atoms with E-state index in [-0.39, 0.29) is 6.03 Å². The van der Waals surface area contributed by atoms with Crippen molar-refractivity contribution in [1.82, 2.24) is 15.6 Å². The maximum atomic E-state index is 11.2. The Labute approximate surface area is 86.7 Å². The molecule has 0 spiro atoms. The van der Waals surface area contributed by atoms with Crippen molar-refractivity contribution >= 4 is 17.4 Å². The highest BCUT2D eigenvalue weighted by molar-refractivity contribution is 7.11. The maximum Gasteiger partial charge on any atom is 0.315 e. The van der Waals surface area contributed by atoms with Gasteiger partial charge in [-0.05, 0) is 19.8 Å². The minimum atomic E-state index is -0.0830. The summed E-state index contributed by atoms with van der Waals surface area (Å²) in [5.41, 5.74) is 0. The van der Waals surface area contributed by atoms with E-state index in [2.05, 4.69) is 15.6 Å². The predicted molar refractivity (Wildman–Crippen MR) is 55.2 cm³/mol. The lowest BCUT2D eigenvalue weighted by atomic mass is 10.6. The highest BCUT2D eigenvalue weighted by Gasteiger charge is 2.22. The van der Waals surface area contributed by atoms with Crippen molar-refractivity contribution in [3.8, 4) is 0 Å². The molecule has 1 heterocycles. The number of rotatable bonds is 3.